The Kier molecular flexibility index (Phi) is 4.11. The lowest BCUT2D eigenvalue weighted by atomic mass is 9.89. The van der Waals surface area contributed by atoms with Gasteiger partial charge in [0.25, 0.3) is 0 Å². The van der Waals surface area contributed by atoms with E-state index in [9.17, 15) is 0 Å². The van der Waals surface area contributed by atoms with Crippen LogP contribution in [0.5, 0.6) is 0 Å². The molecule has 1 aliphatic rings. The molecule has 3 nitrogen and oxygen atoms in total. The van der Waals surface area contributed by atoms with E-state index < -0.39 is 0 Å². The molecule has 0 amide bonds. The van der Waals surface area contributed by atoms with Crippen molar-refractivity contribution in [3.8, 4) is 11.3 Å². The quantitative estimate of drug-likeness (QED) is 0.823. The summed E-state index contributed by atoms with van der Waals surface area (Å²) in [6.45, 7) is 2.30. The van der Waals surface area contributed by atoms with Gasteiger partial charge in [0.15, 0.2) is 0 Å². The summed E-state index contributed by atoms with van der Waals surface area (Å²) in [5.74, 6) is 0.764. The zero-order valence-electron chi connectivity index (χ0n) is 11.7. The third-order valence-electron chi connectivity index (χ3n) is 3.63. The van der Waals surface area contributed by atoms with Crippen LogP contribution in [-0.2, 0) is 0 Å². The van der Waals surface area contributed by atoms with E-state index in [1.807, 2.05) is 18.2 Å². The summed E-state index contributed by atoms with van der Waals surface area (Å²) < 4.78 is 0. The topological polar surface area (TPSA) is 37.3 Å². The molecule has 3 rings (SSSR count). The maximum Gasteiger partial charge on any atom is 0.203 e. The molecule has 1 saturated carbocycles. The van der Waals surface area contributed by atoms with E-state index in [0.29, 0.717) is 0 Å². The summed E-state index contributed by atoms with van der Waals surface area (Å²) in [4.78, 5) is 4.58. The summed E-state index contributed by atoms with van der Waals surface area (Å²) in [6.07, 6.45) is 4.82. The maximum atomic E-state index is 4.58. The first-order chi connectivity index (χ1) is 9.81. The fourth-order valence-corrected chi connectivity index (χ4v) is 3.22. The molecule has 4 heteroatoms. The molecule has 0 saturated heterocycles. The Balaban J connectivity index is 1.67. The van der Waals surface area contributed by atoms with Gasteiger partial charge in [-0.15, -0.1) is 11.3 Å². The second-order valence-electron chi connectivity index (χ2n) is 5.40. The molecule has 0 radical (unpaired) electrons. The van der Waals surface area contributed by atoms with Crippen molar-refractivity contribution in [2.75, 3.05) is 5.43 Å². The molecule has 1 aliphatic carbocycles. The first kappa shape index (κ1) is 13.3. The number of nitrogens with zero attached hydrogens (tertiary/aromatic N) is 2. The van der Waals surface area contributed by atoms with E-state index in [1.54, 1.807) is 11.3 Å². The lowest BCUT2D eigenvalue weighted by Crippen LogP contribution is -2.13. The minimum atomic E-state index is 0.764. The molecule has 0 unspecified atom stereocenters. The zero-order chi connectivity index (χ0) is 13.8. The summed E-state index contributed by atoms with van der Waals surface area (Å²) in [5.41, 5.74) is 6.56. The molecule has 0 aliphatic heterocycles. The van der Waals surface area contributed by atoms with Crippen LogP contribution in [-0.4, -0.2) is 10.7 Å². The highest BCUT2D eigenvalue weighted by Crippen LogP contribution is 2.25. The van der Waals surface area contributed by atoms with Gasteiger partial charge in [-0.1, -0.05) is 37.3 Å². The van der Waals surface area contributed by atoms with Crippen LogP contribution in [0, 0.1) is 5.92 Å². The number of hydrazone groups is 1. The first-order valence-electron chi connectivity index (χ1n) is 7.13. The fraction of sp³-hybridized carbons (Fsp3) is 0.375. The maximum absolute atomic E-state index is 4.58. The van der Waals surface area contributed by atoms with Gasteiger partial charge in [-0.3, -0.25) is 5.43 Å². The summed E-state index contributed by atoms with van der Waals surface area (Å²) in [7, 11) is 0. The molecular formula is C16H19N3S. The highest BCUT2D eigenvalue weighted by atomic mass is 32.1. The fourth-order valence-electron chi connectivity index (χ4n) is 2.56. The molecule has 1 fully saturated rings. The summed E-state index contributed by atoms with van der Waals surface area (Å²) >= 11 is 1.60. The minimum absolute atomic E-state index is 0.764. The number of anilines is 1. The molecule has 20 heavy (non-hydrogen) atoms. The highest BCUT2D eigenvalue weighted by Gasteiger charge is 2.14. The third-order valence-corrected chi connectivity index (χ3v) is 4.38. The second-order valence-corrected chi connectivity index (χ2v) is 6.25. The molecule has 1 N–H and O–H groups in total. The lowest BCUT2D eigenvalue weighted by molar-refractivity contribution is 0.500. The number of benzene rings is 1. The van der Waals surface area contributed by atoms with Crippen LogP contribution in [0.2, 0.25) is 0 Å². The molecule has 2 aromatic rings. The van der Waals surface area contributed by atoms with Crippen LogP contribution in [0.3, 0.4) is 0 Å². The normalized spacial score (nSPS) is 21.1. The van der Waals surface area contributed by atoms with Crippen LogP contribution in [0.1, 0.15) is 32.6 Å². The van der Waals surface area contributed by atoms with Crippen LogP contribution in [0.4, 0.5) is 5.13 Å². The summed E-state index contributed by atoms with van der Waals surface area (Å²) in [6, 6.07) is 10.2. The lowest BCUT2D eigenvalue weighted by Gasteiger charge is -2.18. The average molecular weight is 285 g/mol. The molecule has 1 aromatic carbocycles. The van der Waals surface area contributed by atoms with E-state index in [0.717, 1.165) is 35.1 Å². The van der Waals surface area contributed by atoms with Gasteiger partial charge in [0.1, 0.15) is 0 Å². The Bertz CT molecular complexity index is 589. The monoisotopic (exact) mass is 285 g/mol. The van der Waals surface area contributed by atoms with Crippen molar-refractivity contribution in [3.05, 3.63) is 35.7 Å². The molecule has 0 bridgehead atoms. The van der Waals surface area contributed by atoms with Gasteiger partial charge < -0.3 is 0 Å². The van der Waals surface area contributed by atoms with E-state index in [-0.39, 0.29) is 0 Å². The van der Waals surface area contributed by atoms with Crippen LogP contribution in [0.25, 0.3) is 11.3 Å². The van der Waals surface area contributed by atoms with Crippen molar-refractivity contribution in [2.24, 2.45) is 11.0 Å². The average Bonchev–Trinajstić information content (AvgIpc) is 2.95. The number of rotatable bonds is 3. The molecule has 1 heterocycles. The molecular weight excluding hydrogens is 266 g/mol. The Hall–Kier alpha value is -1.68. The molecule has 104 valence electrons. The Morgan fingerprint density at radius 1 is 1.30 bits per heavy atom. The van der Waals surface area contributed by atoms with Crippen molar-refractivity contribution in [3.63, 3.8) is 0 Å². The van der Waals surface area contributed by atoms with Gasteiger partial charge >= 0.3 is 0 Å². The highest BCUT2D eigenvalue weighted by molar-refractivity contribution is 7.14. The first-order valence-corrected chi connectivity index (χ1v) is 8.01. The SMILES string of the molecule is C[C@H]1CCC/C(=N\Nc2nc(-c3ccccc3)cs2)C1. The standard InChI is InChI=1S/C16H19N3S/c1-12-6-5-9-14(10-12)18-19-16-17-15(11-20-16)13-7-3-2-4-8-13/h2-4,7-8,11-12H,5-6,9-10H2,1H3,(H,17,19)/b18-14+/t12-/m0/s1. The molecule has 0 spiro atoms. The summed E-state index contributed by atoms with van der Waals surface area (Å²) in [5, 5.41) is 7.47. The van der Waals surface area contributed by atoms with Gasteiger partial charge in [-0.2, -0.15) is 5.10 Å². The van der Waals surface area contributed by atoms with Crippen LogP contribution >= 0.6 is 11.3 Å². The number of aromatic nitrogens is 1. The number of hydrogen-bond acceptors (Lipinski definition) is 4. The number of hydrogen-bond donors (Lipinski definition) is 1. The van der Waals surface area contributed by atoms with E-state index >= 15 is 0 Å². The van der Waals surface area contributed by atoms with Gasteiger partial charge in [-0.25, -0.2) is 4.98 Å². The predicted octanol–water partition coefficient (Wildman–Crippen LogP) is 4.79. The zero-order valence-corrected chi connectivity index (χ0v) is 12.5. The predicted molar refractivity (Wildman–Crippen MR) is 86.2 cm³/mol. The van der Waals surface area contributed by atoms with Crippen molar-refractivity contribution in [1.29, 1.82) is 0 Å². The van der Waals surface area contributed by atoms with Gasteiger partial charge in [0.05, 0.1) is 5.69 Å². The van der Waals surface area contributed by atoms with E-state index in [2.05, 4.69) is 39.9 Å². The van der Waals surface area contributed by atoms with Crippen molar-refractivity contribution < 1.29 is 0 Å². The number of nitrogens with one attached hydrogen (secondary N) is 1. The van der Waals surface area contributed by atoms with Crippen LogP contribution in [0.15, 0.2) is 40.8 Å². The second kappa shape index (κ2) is 6.18. The smallest absolute Gasteiger partial charge is 0.203 e. The van der Waals surface area contributed by atoms with Crippen molar-refractivity contribution in [2.45, 2.75) is 32.6 Å². The Morgan fingerprint density at radius 2 is 2.15 bits per heavy atom. The van der Waals surface area contributed by atoms with Gasteiger partial charge in [0.2, 0.25) is 5.13 Å². The molecule has 1 aromatic heterocycles. The third kappa shape index (κ3) is 3.25. The Labute approximate surface area is 123 Å². The number of thiazole rings is 1. The van der Waals surface area contributed by atoms with E-state index in [4.69, 9.17) is 0 Å². The minimum Gasteiger partial charge on any atom is -0.253 e. The van der Waals surface area contributed by atoms with Crippen LogP contribution < -0.4 is 5.43 Å². The van der Waals surface area contributed by atoms with Gasteiger partial charge in [-0.05, 0) is 31.6 Å². The van der Waals surface area contributed by atoms with Gasteiger partial charge in [0, 0.05) is 16.7 Å². The van der Waals surface area contributed by atoms with Crippen molar-refractivity contribution >= 4 is 22.2 Å². The molecule has 1 atom stereocenters. The largest absolute Gasteiger partial charge is 0.253 e. The van der Waals surface area contributed by atoms with Crippen molar-refractivity contribution in [1.82, 2.24) is 4.98 Å². The van der Waals surface area contributed by atoms with E-state index in [1.165, 1.54) is 18.6 Å². The Morgan fingerprint density at radius 3 is 2.95 bits per heavy atom.